The van der Waals surface area contributed by atoms with E-state index in [9.17, 15) is 0 Å². The first-order chi connectivity index (χ1) is 8.56. The van der Waals surface area contributed by atoms with Crippen LogP contribution in [0.15, 0.2) is 18.2 Å². The van der Waals surface area contributed by atoms with Crippen molar-refractivity contribution in [2.45, 2.75) is 40.8 Å². The molecule has 0 unspecified atom stereocenters. The van der Waals surface area contributed by atoms with Gasteiger partial charge >= 0.3 is 0 Å². The van der Waals surface area contributed by atoms with Crippen LogP contribution in [0.1, 0.15) is 30.8 Å². The minimum Gasteiger partial charge on any atom is -0.376 e. The van der Waals surface area contributed by atoms with Crippen LogP contribution in [0.4, 0.5) is 0 Å². The highest BCUT2D eigenvalue weighted by Crippen LogP contribution is 2.14. The standard InChI is InChI=1S/C15H26N2O/c1-6-17-13(4)9-15(14(17)5)10-16-7-8-18-11-12(2)3/h9,16H,2,6-8,10-11H2,1,3-5H3. The van der Waals surface area contributed by atoms with Gasteiger partial charge in [0.15, 0.2) is 0 Å². The summed E-state index contributed by atoms with van der Waals surface area (Å²) >= 11 is 0. The maximum Gasteiger partial charge on any atom is 0.0672 e. The highest BCUT2D eigenvalue weighted by atomic mass is 16.5. The SMILES string of the molecule is C=C(C)COCCNCc1cc(C)n(CC)c1C. The molecule has 3 nitrogen and oxygen atoms in total. The lowest BCUT2D eigenvalue weighted by Crippen LogP contribution is -2.20. The fraction of sp³-hybridized carbons (Fsp3) is 0.600. The van der Waals surface area contributed by atoms with E-state index in [4.69, 9.17) is 4.74 Å². The van der Waals surface area contributed by atoms with Crippen LogP contribution in [0.2, 0.25) is 0 Å². The van der Waals surface area contributed by atoms with Crippen LogP contribution in [0.3, 0.4) is 0 Å². The zero-order chi connectivity index (χ0) is 13.5. The molecule has 102 valence electrons. The lowest BCUT2D eigenvalue weighted by Gasteiger charge is -2.08. The van der Waals surface area contributed by atoms with E-state index in [2.05, 4.69) is 43.3 Å². The Bertz CT molecular complexity index is 393. The fourth-order valence-corrected chi connectivity index (χ4v) is 2.15. The summed E-state index contributed by atoms with van der Waals surface area (Å²) < 4.78 is 7.79. The quantitative estimate of drug-likeness (QED) is 0.567. The fourth-order valence-electron chi connectivity index (χ4n) is 2.15. The Labute approximate surface area is 111 Å². The largest absolute Gasteiger partial charge is 0.376 e. The summed E-state index contributed by atoms with van der Waals surface area (Å²) in [5, 5.41) is 3.41. The van der Waals surface area contributed by atoms with Crippen molar-refractivity contribution in [3.63, 3.8) is 0 Å². The van der Waals surface area contributed by atoms with Gasteiger partial charge in [-0.25, -0.2) is 0 Å². The van der Waals surface area contributed by atoms with Crippen molar-refractivity contribution in [2.24, 2.45) is 0 Å². The number of hydrogen-bond acceptors (Lipinski definition) is 2. The predicted octanol–water partition coefficient (Wildman–Crippen LogP) is 2.81. The Balaban J connectivity index is 2.29. The number of ether oxygens (including phenoxy) is 1. The van der Waals surface area contributed by atoms with Crippen LogP contribution in [-0.4, -0.2) is 24.3 Å². The van der Waals surface area contributed by atoms with Gasteiger partial charge in [0.25, 0.3) is 0 Å². The van der Waals surface area contributed by atoms with Crippen molar-refractivity contribution >= 4 is 0 Å². The van der Waals surface area contributed by atoms with Gasteiger partial charge in [0.1, 0.15) is 0 Å². The van der Waals surface area contributed by atoms with E-state index in [1.54, 1.807) is 0 Å². The van der Waals surface area contributed by atoms with Crippen molar-refractivity contribution in [3.8, 4) is 0 Å². The Morgan fingerprint density at radius 1 is 1.44 bits per heavy atom. The van der Waals surface area contributed by atoms with E-state index in [0.29, 0.717) is 6.61 Å². The molecular formula is C15H26N2O. The molecule has 0 saturated heterocycles. The molecule has 1 rings (SSSR count). The van der Waals surface area contributed by atoms with Crippen LogP contribution in [0.25, 0.3) is 0 Å². The van der Waals surface area contributed by atoms with Gasteiger partial charge in [0, 0.05) is 31.0 Å². The molecule has 1 aromatic heterocycles. The average molecular weight is 250 g/mol. The van der Waals surface area contributed by atoms with Gasteiger partial charge in [-0.1, -0.05) is 12.2 Å². The second kappa shape index (κ2) is 7.39. The summed E-state index contributed by atoms with van der Waals surface area (Å²) in [6.07, 6.45) is 0. The molecule has 0 fully saturated rings. The molecule has 1 aromatic rings. The molecule has 0 aliphatic heterocycles. The number of nitrogens with one attached hydrogen (secondary N) is 1. The molecule has 0 bridgehead atoms. The van der Waals surface area contributed by atoms with Crippen LogP contribution >= 0.6 is 0 Å². The number of aryl methyl sites for hydroxylation is 1. The highest BCUT2D eigenvalue weighted by molar-refractivity contribution is 5.26. The van der Waals surface area contributed by atoms with Crippen LogP contribution < -0.4 is 5.32 Å². The van der Waals surface area contributed by atoms with Gasteiger partial charge in [0.2, 0.25) is 0 Å². The van der Waals surface area contributed by atoms with E-state index in [-0.39, 0.29) is 0 Å². The smallest absolute Gasteiger partial charge is 0.0672 e. The highest BCUT2D eigenvalue weighted by Gasteiger charge is 2.06. The Hall–Kier alpha value is -1.06. The molecule has 0 aliphatic carbocycles. The lowest BCUT2D eigenvalue weighted by atomic mass is 10.2. The normalized spacial score (nSPS) is 10.9. The maximum absolute atomic E-state index is 5.45. The number of hydrogen-bond donors (Lipinski definition) is 1. The molecule has 1 heterocycles. The van der Waals surface area contributed by atoms with Crippen LogP contribution in [-0.2, 0) is 17.8 Å². The topological polar surface area (TPSA) is 26.2 Å². The average Bonchev–Trinajstić information content (AvgIpc) is 2.58. The number of aromatic nitrogens is 1. The summed E-state index contributed by atoms with van der Waals surface area (Å²) in [7, 11) is 0. The monoisotopic (exact) mass is 250 g/mol. The van der Waals surface area contributed by atoms with Crippen molar-refractivity contribution in [3.05, 3.63) is 35.2 Å². The van der Waals surface area contributed by atoms with Gasteiger partial charge in [-0.05, 0) is 39.3 Å². The molecule has 3 heteroatoms. The first-order valence-corrected chi connectivity index (χ1v) is 6.64. The van der Waals surface area contributed by atoms with Crippen molar-refractivity contribution in [2.75, 3.05) is 19.8 Å². The van der Waals surface area contributed by atoms with Crippen LogP contribution in [0, 0.1) is 13.8 Å². The second-order valence-corrected chi connectivity index (χ2v) is 4.83. The van der Waals surface area contributed by atoms with Crippen molar-refractivity contribution < 1.29 is 4.74 Å². The zero-order valence-electron chi connectivity index (χ0n) is 12.2. The third-order valence-corrected chi connectivity index (χ3v) is 3.08. The Kier molecular flexibility index (Phi) is 6.16. The summed E-state index contributed by atoms with van der Waals surface area (Å²) in [6, 6.07) is 2.26. The molecular weight excluding hydrogens is 224 g/mol. The molecule has 1 N–H and O–H groups in total. The molecule has 0 aromatic carbocycles. The third kappa shape index (κ3) is 4.31. The minimum absolute atomic E-state index is 0.659. The Morgan fingerprint density at radius 3 is 2.72 bits per heavy atom. The summed E-state index contributed by atoms with van der Waals surface area (Å²) in [6.45, 7) is 16.5. The predicted molar refractivity (Wildman–Crippen MR) is 76.9 cm³/mol. The molecule has 0 atom stereocenters. The van der Waals surface area contributed by atoms with Crippen LogP contribution in [0.5, 0.6) is 0 Å². The molecule has 0 radical (unpaired) electrons. The van der Waals surface area contributed by atoms with Gasteiger partial charge in [-0.15, -0.1) is 0 Å². The van der Waals surface area contributed by atoms with E-state index < -0.39 is 0 Å². The summed E-state index contributed by atoms with van der Waals surface area (Å²) in [5.74, 6) is 0. The van der Waals surface area contributed by atoms with Gasteiger partial charge in [-0.2, -0.15) is 0 Å². The number of rotatable bonds is 8. The van der Waals surface area contributed by atoms with E-state index in [0.717, 1.165) is 31.8 Å². The summed E-state index contributed by atoms with van der Waals surface area (Å²) in [5.41, 5.74) is 5.16. The van der Waals surface area contributed by atoms with Gasteiger partial charge in [-0.3, -0.25) is 0 Å². The summed E-state index contributed by atoms with van der Waals surface area (Å²) in [4.78, 5) is 0. The molecule has 18 heavy (non-hydrogen) atoms. The first kappa shape index (κ1) is 15.0. The van der Waals surface area contributed by atoms with Crippen molar-refractivity contribution in [1.82, 2.24) is 9.88 Å². The molecule has 0 spiro atoms. The first-order valence-electron chi connectivity index (χ1n) is 6.64. The van der Waals surface area contributed by atoms with Gasteiger partial charge < -0.3 is 14.6 Å². The minimum atomic E-state index is 0.659. The number of nitrogens with zero attached hydrogens (tertiary/aromatic N) is 1. The molecule has 0 aliphatic rings. The third-order valence-electron chi connectivity index (χ3n) is 3.08. The van der Waals surface area contributed by atoms with Gasteiger partial charge in [0.05, 0.1) is 13.2 Å². The van der Waals surface area contributed by atoms with E-state index in [1.165, 1.54) is 17.0 Å². The lowest BCUT2D eigenvalue weighted by molar-refractivity contribution is 0.157. The van der Waals surface area contributed by atoms with E-state index >= 15 is 0 Å². The zero-order valence-corrected chi connectivity index (χ0v) is 12.2. The molecule has 0 amide bonds. The maximum atomic E-state index is 5.45. The van der Waals surface area contributed by atoms with Crippen molar-refractivity contribution in [1.29, 1.82) is 0 Å². The van der Waals surface area contributed by atoms with E-state index in [1.807, 2.05) is 6.92 Å². The second-order valence-electron chi connectivity index (χ2n) is 4.83. The Morgan fingerprint density at radius 2 is 2.17 bits per heavy atom. The molecule has 0 saturated carbocycles.